The lowest BCUT2D eigenvalue weighted by molar-refractivity contribution is -0.152. The minimum Gasteiger partial charge on any atom is -0.465 e. The quantitative estimate of drug-likeness (QED) is 0.0185. The maximum Gasteiger partial charge on any atom is 0.330 e. The van der Waals surface area contributed by atoms with Crippen molar-refractivity contribution in [1.82, 2.24) is 0 Å². The van der Waals surface area contributed by atoms with Crippen LogP contribution in [0.15, 0.2) is 116 Å². The summed E-state index contributed by atoms with van der Waals surface area (Å²) < 4.78 is 33.6. The summed E-state index contributed by atoms with van der Waals surface area (Å²) in [6.07, 6.45) is 15.7. The van der Waals surface area contributed by atoms with E-state index in [9.17, 15) is 28.8 Å². The number of aryl methyl sites for hydroxylation is 1. The molecule has 0 spiro atoms. The number of carbonyl (C=O) groups is 6. The molecule has 6 rings (SSSR count). The molecule has 1 heterocycles. The zero-order valence-corrected chi connectivity index (χ0v) is 42.8. The first kappa shape index (κ1) is 55.3. The molecule has 0 unspecified atom stereocenters. The van der Waals surface area contributed by atoms with Gasteiger partial charge in [-0.1, -0.05) is 93.2 Å². The second-order valence-electron chi connectivity index (χ2n) is 18.1. The topological polar surface area (TPSA) is 183 Å². The average Bonchev–Trinajstić information content (AvgIpc) is 3.82. The molecule has 1 aliphatic heterocycles. The molecule has 2 saturated carbocycles. The molecule has 384 valence electrons. The lowest BCUT2D eigenvalue weighted by Crippen LogP contribution is -2.29. The van der Waals surface area contributed by atoms with Gasteiger partial charge in [0.1, 0.15) is 11.4 Å². The number of esters is 6. The first-order valence-electron chi connectivity index (χ1n) is 25.2. The normalized spacial score (nSPS) is 18.9. The van der Waals surface area contributed by atoms with E-state index in [1.165, 1.54) is 48.9 Å². The predicted molar refractivity (Wildman–Crippen MR) is 275 cm³/mol. The Morgan fingerprint density at radius 1 is 0.569 bits per heavy atom. The fourth-order valence-electron chi connectivity index (χ4n) is 8.64. The van der Waals surface area contributed by atoms with Gasteiger partial charge in [0.2, 0.25) is 0 Å². The van der Waals surface area contributed by atoms with Crippen molar-refractivity contribution in [2.75, 3.05) is 26.4 Å². The van der Waals surface area contributed by atoms with Gasteiger partial charge in [-0.2, -0.15) is 5.11 Å². The maximum absolute atomic E-state index is 13.6. The van der Waals surface area contributed by atoms with Crippen LogP contribution in [0.3, 0.4) is 0 Å². The number of benzene rings is 3. The second-order valence-corrected chi connectivity index (χ2v) is 20.5. The van der Waals surface area contributed by atoms with Gasteiger partial charge in [0, 0.05) is 28.0 Å². The fourth-order valence-corrected chi connectivity index (χ4v) is 10.9. The lowest BCUT2D eigenvalue weighted by atomic mass is 9.82. The Balaban J connectivity index is 1.06. The molecule has 0 atom stereocenters. The molecule has 0 radical (unpaired) electrons. The Morgan fingerprint density at radius 2 is 1.11 bits per heavy atom. The van der Waals surface area contributed by atoms with Gasteiger partial charge in [-0.3, -0.25) is 19.2 Å². The number of hydrogen-bond donors (Lipinski definition) is 0. The molecule has 14 nitrogen and oxygen atoms in total. The Morgan fingerprint density at radius 3 is 1.69 bits per heavy atom. The van der Waals surface area contributed by atoms with Crippen molar-refractivity contribution in [3.63, 3.8) is 0 Å². The van der Waals surface area contributed by atoms with Crippen LogP contribution in [0.25, 0.3) is 11.1 Å². The summed E-state index contributed by atoms with van der Waals surface area (Å²) in [5, 5.41) is 8.91. The number of fused-ring (bicyclic) bond motifs is 1. The third kappa shape index (κ3) is 17.6. The molecule has 3 aliphatic rings. The van der Waals surface area contributed by atoms with Gasteiger partial charge in [0.05, 0.1) is 60.5 Å². The summed E-state index contributed by atoms with van der Waals surface area (Å²) in [4.78, 5) is 77.3. The van der Waals surface area contributed by atoms with Gasteiger partial charge in [0.15, 0.2) is 5.75 Å². The number of hydrogen-bond acceptors (Lipinski definition) is 16. The third-order valence-electron chi connectivity index (χ3n) is 12.8. The van der Waals surface area contributed by atoms with Gasteiger partial charge < -0.3 is 28.4 Å². The maximum atomic E-state index is 13.6. The van der Waals surface area contributed by atoms with Crippen LogP contribution in [0.4, 0.5) is 5.69 Å². The van der Waals surface area contributed by atoms with Crippen LogP contribution in [0.5, 0.6) is 11.5 Å². The van der Waals surface area contributed by atoms with Crippen LogP contribution in [0.1, 0.15) is 115 Å². The average molecular weight is 1020 g/mol. The molecule has 16 heteroatoms. The fraction of sp³-hybridized carbons (Fsp3) is 0.464. The molecular formula is C56H66N2O12S2. The first-order valence-corrected chi connectivity index (χ1v) is 26.9. The summed E-state index contributed by atoms with van der Waals surface area (Å²) in [5.41, 5.74) is 3.86. The van der Waals surface area contributed by atoms with Crippen LogP contribution in [0, 0.1) is 23.7 Å². The Labute approximate surface area is 431 Å². The number of nitrogens with zero attached hydrogens (tertiary/aromatic N) is 2. The van der Waals surface area contributed by atoms with Gasteiger partial charge in [-0.15, -0.1) is 5.11 Å². The van der Waals surface area contributed by atoms with Crippen molar-refractivity contribution < 1.29 is 57.2 Å². The molecule has 2 fully saturated rings. The minimum absolute atomic E-state index is 0.145. The summed E-state index contributed by atoms with van der Waals surface area (Å²) in [5.74, 6) is -3.69. The van der Waals surface area contributed by atoms with Crippen molar-refractivity contribution in [3.05, 3.63) is 102 Å². The van der Waals surface area contributed by atoms with Gasteiger partial charge in [-0.25, -0.2) is 9.59 Å². The highest BCUT2D eigenvalue weighted by Crippen LogP contribution is 2.52. The molecule has 3 aromatic carbocycles. The van der Waals surface area contributed by atoms with Crippen molar-refractivity contribution in [2.24, 2.45) is 33.9 Å². The Hall–Kier alpha value is -6.00. The smallest absolute Gasteiger partial charge is 0.330 e. The molecule has 0 N–H and O–H groups in total. The highest BCUT2D eigenvalue weighted by atomic mass is 32.2. The van der Waals surface area contributed by atoms with E-state index >= 15 is 0 Å². The Kier molecular flexibility index (Phi) is 22.7. The van der Waals surface area contributed by atoms with E-state index in [0.29, 0.717) is 77.0 Å². The van der Waals surface area contributed by atoms with Crippen LogP contribution in [0.2, 0.25) is 0 Å². The highest BCUT2D eigenvalue weighted by Gasteiger charge is 2.34. The van der Waals surface area contributed by atoms with E-state index in [1.54, 1.807) is 35.8 Å². The molecule has 0 aromatic heterocycles. The lowest BCUT2D eigenvalue weighted by Gasteiger charge is -2.26. The number of ether oxygens (including phenoxy) is 6. The first-order chi connectivity index (χ1) is 35.0. The molecule has 0 saturated heterocycles. The standard InChI is InChI=1S/C56H66N2O12S2/c1-4-7-8-9-15-38-16-14-17-43(34-38)44-26-29-48-49(35-44)72-52(71-48)37-57-58-46-36-45(69-55(63)41-22-18-39(19-23-41)53(61)67-32-12-10-30-65-50(59)5-2)27-28-47(46)70-56(64)42-24-20-40(21-25-42)54(62)68-33-13-11-31-66-51(60)6-3/h5-6,14,16-17,26-29,34-37,39-42H,2-4,7-13,15,18-25,30-33H2,1H3/b52-37+,58-57?. The van der Waals surface area contributed by atoms with E-state index in [-0.39, 0.29) is 67.4 Å². The van der Waals surface area contributed by atoms with Gasteiger partial charge in [0.25, 0.3) is 0 Å². The minimum atomic E-state index is -0.493. The van der Waals surface area contributed by atoms with E-state index in [1.807, 2.05) is 0 Å². The van der Waals surface area contributed by atoms with Crippen LogP contribution in [-0.2, 0) is 54.1 Å². The van der Waals surface area contributed by atoms with E-state index in [4.69, 9.17) is 28.4 Å². The van der Waals surface area contributed by atoms with E-state index in [0.717, 1.165) is 38.2 Å². The third-order valence-corrected chi connectivity index (χ3v) is 15.2. The van der Waals surface area contributed by atoms with Crippen molar-refractivity contribution in [3.8, 4) is 22.6 Å². The van der Waals surface area contributed by atoms with Crippen molar-refractivity contribution in [1.29, 1.82) is 0 Å². The highest BCUT2D eigenvalue weighted by molar-refractivity contribution is 8.24. The summed E-state index contributed by atoms with van der Waals surface area (Å²) in [6.45, 7) is 9.82. The van der Waals surface area contributed by atoms with Gasteiger partial charge in [-0.05, 0) is 131 Å². The van der Waals surface area contributed by atoms with Gasteiger partial charge >= 0.3 is 35.8 Å². The molecular weight excluding hydrogens is 957 g/mol. The number of unbranched alkanes of at least 4 members (excludes halogenated alkanes) is 5. The molecule has 0 bridgehead atoms. The predicted octanol–water partition coefficient (Wildman–Crippen LogP) is 12.8. The SMILES string of the molecule is C=CC(=O)OCCCCOC(=O)C1CCC(C(=O)Oc2ccc(OC(=O)C3CCC(C(=O)OCCCCOC(=O)C=C)CC3)c(N=N/C=C3\Sc4ccc(-c5cccc(CCCCCC)c5)cc4S3)c2)CC1. The van der Waals surface area contributed by atoms with E-state index < -0.39 is 35.7 Å². The number of carbonyl (C=O) groups excluding carboxylic acids is 6. The van der Waals surface area contributed by atoms with Crippen LogP contribution >= 0.6 is 23.5 Å². The summed E-state index contributed by atoms with van der Waals surface area (Å²) in [6, 6.07) is 19.9. The number of rotatable bonds is 26. The molecule has 72 heavy (non-hydrogen) atoms. The summed E-state index contributed by atoms with van der Waals surface area (Å²) in [7, 11) is 0. The van der Waals surface area contributed by atoms with Crippen LogP contribution < -0.4 is 9.47 Å². The largest absolute Gasteiger partial charge is 0.465 e. The van der Waals surface area contributed by atoms with E-state index in [2.05, 4.69) is 72.8 Å². The molecule has 2 aliphatic carbocycles. The van der Waals surface area contributed by atoms with Crippen molar-refractivity contribution >= 4 is 65.0 Å². The number of azo groups is 1. The monoisotopic (exact) mass is 1020 g/mol. The Bertz CT molecular complexity index is 2440. The summed E-state index contributed by atoms with van der Waals surface area (Å²) >= 11 is 3.20. The number of thioether (sulfide) groups is 2. The second kappa shape index (κ2) is 29.5. The zero-order valence-electron chi connectivity index (χ0n) is 41.2. The molecule has 0 amide bonds. The zero-order chi connectivity index (χ0) is 51.1. The molecule has 3 aromatic rings. The van der Waals surface area contributed by atoms with Crippen LogP contribution in [-0.4, -0.2) is 62.2 Å². The van der Waals surface area contributed by atoms with Crippen molar-refractivity contribution in [2.45, 2.75) is 126 Å².